The van der Waals surface area contributed by atoms with E-state index in [1.54, 1.807) is 11.3 Å². The molecule has 3 fully saturated rings. The summed E-state index contributed by atoms with van der Waals surface area (Å²) in [6, 6.07) is 11.9. The van der Waals surface area contributed by atoms with E-state index in [1.807, 2.05) is 56.5 Å². The molecule has 228 valence electrons. The number of hydrogen-bond donors (Lipinski definition) is 1. The molecule has 0 bridgehead atoms. The third kappa shape index (κ3) is 6.76. The lowest BCUT2D eigenvalue weighted by Crippen LogP contribution is -2.53. The Bertz CT molecular complexity index is 1450. The van der Waals surface area contributed by atoms with E-state index in [2.05, 4.69) is 12.2 Å². The standard InChI is InChI=1S/C33H41N5O4S/c1-23(24-8-3-2-4-9-24)34-33(41)31-25-10-5-6-11-27(25)35-32(28-12-7-19-43-28)26(31)20-38-14-13-36(22-30(38)40)21-29(39)37-15-17-42-18-16-37/h5-7,10-12,19,23-24H,2-4,8-9,13-18,20-22H2,1H3,(H,34,41). The van der Waals surface area contributed by atoms with Crippen LogP contribution in [0.2, 0.25) is 0 Å². The molecule has 6 rings (SSSR count). The topological polar surface area (TPSA) is 95.1 Å². The molecule has 1 atom stereocenters. The summed E-state index contributed by atoms with van der Waals surface area (Å²) >= 11 is 1.58. The molecule has 1 saturated carbocycles. The van der Waals surface area contributed by atoms with E-state index in [0.717, 1.165) is 39.9 Å². The number of carbonyl (C=O) groups is 3. The van der Waals surface area contributed by atoms with Crippen molar-refractivity contribution in [1.82, 2.24) is 25.0 Å². The van der Waals surface area contributed by atoms with Crippen molar-refractivity contribution in [3.63, 3.8) is 0 Å². The molecule has 0 radical (unpaired) electrons. The van der Waals surface area contributed by atoms with Gasteiger partial charge in [-0.1, -0.05) is 43.5 Å². The van der Waals surface area contributed by atoms with E-state index in [0.29, 0.717) is 50.9 Å². The first kappa shape index (κ1) is 29.7. The molecule has 43 heavy (non-hydrogen) atoms. The van der Waals surface area contributed by atoms with Crippen LogP contribution in [0.1, 0.15) is 54.9 Å². The smallest absolute Gasteiger partial charge is 0.252 e. The lowest BCUT2D eigenvalue weighted by atomic mass is 9.84. The SMILES string of the molecule is CC(NC(=O)c1c(CN2CCN(CC(=O)N3CCOCC3)CC2=O)c(-c2cccs2)nc2ccccc12)C1CCCCC1. The molecule has 4 heterocycles. The van der Waals surface area contributed by atoms with Crippen LogP contribution in [-0.4, -0.2) is 95.9 Å². The molecule has 3 aromatic rings. The third-order valence-electron chi connectivity index (χ3n) is 9.16. The van der Waals surface area contributed by atoms with Gasteiger partial charge in [-0.05, 0) is 43.2 Å². The summed E-state index contributed by atoms with van der Waals surface area (Å²) in [5, 5.41) is 6.16. The normalized spacial score (nSPS) is 19.5. The fourth-order valence-corrected chi connectivity index (χ4v) is 7.41. The van der Waals surface area contributed by atoms with Crippen LogP contribution >= 0.6 is 11.3 Å². The van der Waals surface area contributed by atoms with Crippen molar-refractivity contribution in [3.05, 3.63) is 52.9 Å². The fraction of sp³-hybridized carbons (Fsp3) is 0.515. The van der Waals surface area contributed by atoms with Gasteiger partial charge in [-0.25, -0.2) is 4.98 Å². The Hall–Kier alpha value is -3.34. The van der Waals surface area contributed by atoms with Gasteiger partial charge in [-0.15, -0.1) is 11.3 Å². The van der Waals surface area contributed by atoms with Gasteiger partial charge in [-0.2, -0.15) is 0 Å². The molecule has 3 amide bonds. The minimum absolute atomic E-state index is 0.0364. The number of morpholine rings is 1. The van der Waals surface area contributed by atoms with Crippen molar-refractivity contribution in [1.29, 1.82) is 0 Å². The van der Waals surface area contributed by atoms with Crippen molar-refractivity contribution < 1.29 is 19.1 Å². The molecule has 2 aromatic heterocycles. The first-order chi connectivity index (χ1) is 21.0. The highest BCUT2D eigenvalue weighted by molar-refractivity contribution is 7.13. The van der Waals surface area contributed by atoms with Gasteiger partial charge in [0.15, 0.2) is 0 Å². The number of nitrogens with one attached hydrogen (secondary N) is 1. The van der Waals surface area contributed by atoms with Gasteiger partial charge < -0.3 is 19.9 Å². The van der Waals surface area contributed by atoms with Crippen LogP contribution < -0.4 is 5.32 Å². The Balaban J connectivity index is 1.27. The van der Waals surface area contributed by atoms with Crippen LogP contribution in [0.4, 0.5) is 0 Å². The number of thiophene rings is 1. The third-order valence-corrected chi connectivity index (χ3v) is 10.0. The van der Waals surface area contributed by atoms with Crippen molar-refractivity contribution in [3.8, 4) is 10.6 Å². The predicted molar refractivity (Wildman–Crippen MR) is 168 cm³/mol. The molecule has 1 N–H and O–H groups in total. The van der Waals surface area contributed by atoms with Crippen molar-refractivity contribution in [2.24, 2.45) is 5.92 Å². The van der Waals surface area contributed by atoms with E-state index < -0.39 is 0 Å². The summed E-state index contributed by atoms with van der Waals surface area (Å²) in [5.74, 6) is 0.357. The summed E-state index contributed by atoms with van der Waals surface area (Å²) in [5.41, 5.74) is 2.90. The zero-order valence-corrected chi connectivity index (χ0v) is 25.7. The van der Waals surface area contributed by atoms with E-state index >= 15 is 0 Å². The van der Waals surface area contributed by atoms with Crippen LogP contribution in [0.5, 0.6) is 0 Å². The van der Waals surface area contributed by atoms with Crippen LogP contribution in [0.15, 0.2) is 41.8 Å². The Morgan fingerprint density at radius 3 is 2.58 bits per heavy atom. The van der Waals surface area contributed by atoms with Gasteiger partial charge in [0.25, 0.3) is 5.91 Å². The number of carbonyl (C=O) groups excluding carboxylic acids is 3. The number of pyridine rings is 1. The average Bonchev–Trinajstić information content (AvgIpc) is 3.58. The Kier molecular flexibility index (Phi) is 9.35. The molecular formula is C33H41N5O4S. The first-order valence-corrected chi connectivity index (χ1v) is 16.5. The van der Waals surface area contributed by atoms with E-state index in [-0.39, 0.29) is 43.4 Å². The summed E-state index contributed by atoms with van der Waals surface area (Å²) in [7, 11) is 0. The number of rotatable bonds is 8. The lowest BCUT2D eigenvalue weighted by molar-refractivity contribution is -0.141. The summed E-state index contributed by atoms with van der Waals surface area (Å²) < 4.78 is 5.37. The molecule has 1 aliphatic carbocycles. The molecule has 2 saturated heterocycles. The number of benzene rings is 1. The highest BCUT2D eigenvalue weighted by atomic mass is 32.1. The van der Waals surface area contributed by atoms with E-state index in [9.17, 15) is 14.4 Å². The fourth-order valence-electron chi connectivity index (χ4n) is 6.67. The Labute approximate surface area is 257 Å². The number of piperazine rings is 1. The Morgan fingerprint density at radius 2 is 1.84 bits per heavy atom. The highest BCUT2D eigenvalue weighted by Crippen LogP contribution is 2.34. The molecule has 1 unspecified atom stereocenters. The number of hydrogen-bond acceptors (Lipinski definition) is 7. The zero-order valence-electron chi connectivity index (χ0n) is 24.9. The summed E-state index contributed by atoms with van der Waals surface area (Å²) in [6.07, 6.45) is 5.96. The van der Waals surface area contributed by atoms with Gasteiger partial charge in [0.2, 0.25) is 11.8 Å². The maximum Gasteiger partial charge on any atom is 0.252 e. The maximum absolute atomic E-state index is 14.2. The number of amides is 3. The monoisotopic (exact) mass is 603 g/mol. The van der Waals surface area contributed by atoms with E-state index in [1.165, 1.54) is 19.3 Å². The molecule has 9 nitrogen and oxygen atoms in total. The Morgan fingerprint density at radius 1 is 1.05 bits per heavy atom. The zero-order chi connectivity index (χ0) is 29.8. The van der Waals surface area contributed by atoms with Crippen molar-refractivity contribution in [2.75, 3.05) is 52.5 Å². The summed E-state index contributed by atoms with van der Waals surface area (Å²) in [6.45, 7) is 6.18. The van der Waals surface area contributed by atoms with Gasteiger partial charge in [0, 0.05) is 49.7 Å². The quantitative estimate of drug-likeness (QED) is 0.416. The second-order valence-electron chi connectivity index (χ2n) is 12.0. The minimum Gasteiger partial charge on any atom is -0.378 e. The number of para-hydroxylation sites is 1. The predicted octanol–water partition coefficient (Wildman–Crippen LogP) is 4.16. The number of aromatic nitrogens is 1. The highest BCUT2D eigenvalue weighted by Gasteiger charge is 2.31. The molecule has 10 heteroatoms. The first-order valence-electron chi connectivity index (χ1n) is 15.6. The van der Waals surface area contributed by atoms with Gasteiger partial charge in [-0.3, -0.25) is 19.3 Å². The van der Waals surface area contributed by atoms with Crippen molar-refractivity contribution >= 4 is 40.0 Å². The number of fused-ring (bicyclic) bond motifs is 1. The van der Waals surface area contributed by atoms with Crippen LogP contribution in [0.3, 0.4) is 0 Å². The maximum atomic E-state index is 14.2. The largest absolute Gasteiger partial charge is 0.378 e. The molecule has 0 spiro atoms. The number of ether oxygens (including phenoxy) is 1. The molecule has 3 aliphatic rings. The average molecular weight is 604 g/mol. The van der Waals surface area contributed by atoms with Crippen LogP contribution in [-0.2, 0) is 20.9 Å². The second-order valence-corrected chi connectivity index (χ2v) is 12.9. The van der Waals surface area contributed by atoms with Crippen LogP contribution in [0, 0.1) is 5.92 Å². The second kappa shape index (κ2) is 13.5. The molecular weight excluding hydrogens is 562 g/mol. The van der Waals surface area contributed by atoms with Gasteiger partial charge in [0.05, 0.1) is 48.0 Å². The van der Waals surface area contributed by atoms with Crippen molar-refractivity contribution in [2.45, 2.75) is 51.6 Å². The molecule has 2 aliphatic heterocycles. The minimum atomic E-state index is -0.105. The van der Waals surface area contributed by atoms with Gasteiger partial charge in [0.1, 0.15) is 0 Å². The lowest BCUT2D eigenvalue weighted by Gasteiger charge is -2.36. The molecule has 1 aromatic carbocycles. The number of nitrogens with zero attached hydrogens (tertiary/aromatic N) is 4. The van der Waals surface area contributed by atoms with Gasteiger partial charge >= 0.3 is 0 Å². The van der Waals surface area contributed by atoms with Crippen LogP contribution in [0.25, 0.3) is 21.5 Å². The summed E-state index contributed by atoms with van der Waals surface area (Å²) in [4.78, 5) is 52.1. The van der Waals surface area contributed by atoms with E-state index in [4.69, 9.17) is 9.72 Å².